The van der Waals surface area contributed by atoms with Gasteiger partial charge < -0.3 is 25.3 Å². The van der Waals surface area contributed by atoms with Crippen molar-refractivity contribution in [3.8, 4) is 0 Å². The van der Waals surface area contributed by atoms with E-state index < -0.39 is 62.6 Å². The number of carboxylic acids is 4. The van der Waals surface area contributed by atoms with Crippen LogP contribution in [0.3, 0.4) is 0 Å². The molecular formula is C14H24N4O10. The fraction of sp³-hybridized carbons (Fsp3) is 0.643. The Labute approximate surface area is 159 Å². The molecule has 6 N–H and O–H groups in total. The first-order chi connectivity index (χ1) is 13.0. The van der Waals surface area contributed by atoms with Crippen LogP contribution in [0.2, 0.25) is 0 Å². The van der Waals surface area contributed by atoms with Crippen molar-refractivity contribution in [2.45, 2.75) is 0 Å². The molecule has 0 rings (SSSR count). The van der Waals surface area contributed by atoms with Gasteiger partial charge in [-0.05, 0) is 0 Å². The van der Waals surface area contributed by atoms with Gasteiger partial charge in [0.15, 0.2) is 0 Å². The molecule has 0 radical (unpaired) electrons. The lowest BCUT2D eigenvalue weighted by Crippen LogP contribution is -2.45. The molecule has 0 aliphatic carbocycles. The highest BCUT2D eigenvalue weighted by Gasteiger charge is 2.19. The third-order valence-electron chi connectivity index (χ3n) is 3.38. The van der Waals surface area contributed by atoms with Crippen LogP contribution in [0, 0.1) is 0 Å². The molecule has 0 amide bonds. The zero-order valence-corrected chi connectivity index (χ0v) is 15.0. The number of rotatable bonds is 16. The molecule has 0 saturated heterocycles. The van der Waals surface area contributed by atoms with E-state index in [2.05, 4.69) is 4.84 Å². The molecule has 0 atom stereocenters. The summed E-state index contributed by atoms with van der Waals surface area (Å²) in [4.78, 5) is 62.4. The van der Waals surface area contributed by atoms with E-state index in [4.69, 9.17) is 26.3 Å². The zero-order chi connectivity index (χ0) is 21.7. The molecule has 0 aliphatic rings. The van der Waals surface area contributed by atoms with Crippen LogP contribution in [0.4, 0.5) is 0 Å². The Morgan fingerprint density at radius 2 is 0.857 bits per heavy atom. The maximum atomic E-state index is 11.2. The van der Waals surface area contributed by atoms with Crippen LogP contribution >= 0.6 is 0 Å². The number of hydrogen-bond donors (Lipinski definition) is 5. The SMILES string of the molecule is NOC(=O)CN(CCN(CCN(CC(=O)O)CC(=O)O)CC(=O)O)CC(=O)O. The van der Waals surface area contributed by atoms with E-state index in [1.807, 2.05) is 0 Å². The summed E-state index contributed by atoms with van der Waals surface area (Å²) in [5.41, 5.74) is 0. The van der Waals surface area contributed by atoms with Crippen molar-refractivity contribution in [1.29, 1.82) is 0 Å². The van der Waals surface area contributed by atoms with Crippen LogP contribution in [0.25, 0.3) is 0 Å². The maximum absolute atomic E-state index is 11.2. The molecule has 0 aliphatic heterocycles. The molecule has 0 spiro atoms. The molecule has 14 heteroatoms. The Balaban J connectivity index is 4.90. The van der Waals surface area contributed by atoms with Crippen LogP contribution < -0.4 is 5.90 Å². The maximum Gasteiger partial charge on any atom is 0.338 e. The third kappa shape index (κ3) is 13.4. The van der Waals surface area contributed by atoms with Gasteiger partial charge in [-0.3, -0.25) is 33.9 Å². The summed E-state index contributed by atoms with van der Waals surface area (Å²) in [6.07, 6.45) is 0. The number of carbonyl (C=O) groups is 5. The molecule has 14 nitrogen and oxygen atoms in total. The summed E-state index contributed by atoms with van der Waals surface area (Å²) in [7, 11) is 0. The van der Waals surface area contributed by atoms with Gasteiger partial charge in [0.25, 0.3) is 0 Å². The largest absolute Gasteiger partial charge is 0.480 e. The van der Waals surface area contributed by atoms with E-state index in [9.17, 15) is 24.0 Å². The van der Waals surface area contributed by atoms with Crippen molar-refractivity contribution in [1.82, 2.24) is 14.7 Å². The topological polar surface area (TPSA) is 211 Å². The second kappa shape index (κ2) is 13.4. The highest BCUT2D eigenvalue weighted by atomic mass is 16.7. The zero-order valence-electron chi connectivity index (χ0n) is 15.0. The first kappa shape index (κ1) is 25.2. The van der Waals surface area contributed by atoms with Crippen molar-refractivity contribution in [3.05, 3.63) is 0 Å². The first-order valence-electron chi connectivity index (χ1n) is 7.97. The molecule has 0 aromatic rings. The summed E-state index contributed by atoms with van der Waals surface area (Å²) in [5.74, 6) is -1.03. The third-order valence-corrected chi connectivity index (χ3v) is 3.38. The van der Waals surface area contributed by atoms with E-state index in [1.165, 1.54) is 9.80 Å². The van der Waals surface area contributed by atoms with Gasteiger partial charge in [-0.1, -0.05) is 0 Å². The minimum Gasteiger partial charge on any atom is -0.480 e. The number of aliphatic carboxylic acids is 4. The van der Waals surface area contributed by atoms with E-state index in [1.54, 1.807) is 0 Å². The second-order valence-corrected chi connectivity index (χ2v) is 5.76. The summed E-state index contributed by atoms with van der Waals surface area (Å²) >= 11 is 0. The average Bonchev–Trinajstić information content (AvgIpc) is 2.54. The Morgan fingerprint density at radius 1 is 0.571 bits per heavy atom. The normalized spacial score (nSPS) is 11.0. The first-order valence-corrected chi connectivity index (χ1v) is 7.97. The van der Waals surface area contributed by atoms with Gasteiger partial charge in [0.05, 0.1) is 32.7 Å². The molecule has 28 heavy (non-hydrogen) atoms. The average molecular weight is 408 g/mol. The van der Waals surface area contributed by atoms with Crippen LogP contribution in [0.15, 0.2) is 0 Å². The molecule has 160 valence electrons. The molecule has 0 heterocycles. The van der Waals surface area contributed by atoms with Crippen molar-refractivity contribution in [2.24, 2.45) is 5.90 Å². The quantitative estimate of drug-likeness (QED) is 0.158. The van der Waals surface area contributed by atoms with Gasteiger partial charge in [-0.2, -0.15) is 5.90 Å². The molecule has 0 aromatic heterocycles. The Hall–Kier alpha value is -2.81. The molecule has 0 fully saturated rings. The van der Waals surface area contributed by atoms with Crippen LogP contribution in [0.1, 0.15) is 0 Å². The number of carboxylic acid groups (broad SMARTS) is 4. The van der Waals surface area contributed by atoms with Crippen molar-refractivity contribution < 1.29 is 49.2 Å². The fourth-order valence-corrected chi connectivity index (χ4v) is 2.25. The second-order valence-electron chi connectivity index (χ2n) is 5.76. The highest BCUT2D eigenvalue weighted by Crippen LogP contribution is 1.97. The predicted octanol–water partition coefficient (Wildman–Crippen LogP) is -3.35. The minimum atomic E-state index is -1.24. The van der Waals surface area contributed by atoms with Gasteiger partial charge in [-0.15, -0.1) is 0 Å². The lowest BCUT2D eigenvalue weighted by atomic mass is 10.3. The Morgan fingerprint density at radius 3 is 1.18 bits per heavy atom. The number of nitrogens with two attached hydrogens (primary N) is 1. The number of hydrogen-bond acceptors (Lipinski definition) is 10. The van der Waals surface area contributed by atoms with Crippen molar-refractivity contribution in [3.63, 3.8) is 0 Å². The van der Waals surface area contributed by atoms with Gasteiger partial charge in [0.1, 0.15) is 0 Å². The summed E-state index contributed by atoms with van der Waals surface area (Å²) in [5, 5.41) is 35.5. The van der Waals surface area contributed by atoms with E-state index in [0.717, 1.165) is 4.90 Å². The van der Waals surface area contributed by atoms with Gasteiger partial charge >= 0.3 is 29.8 Å². The molecule has 0 bridgehead atoms. The monoisotopic (exact) mass is 408 g/mol. The lowest BCUT2D eigenvalue weighted by Gasteiger charge is -2.27. The summed E-state index contributed by atoms with van der Waals surface area (Å²) in [6.45, 7) is -2.51. The van der Waals surface area contributed by atoms with Crippen LogP contribution in [0.5, 0.6) is 0 Å². The Bertz CT molecular complexity index is 554. The highest BCUT2D eigenvalue weighted by molar-refractivity contribution is 5.74. The van der Waals surface area contributed by atoms with Crippen molar-refractivity contribution in [2.75, 3.05) is 58.9 Å². The molecular weight excluding hydrogens is 384 g/mol. The fourth-order valence-electron chi connectivity index (χ4n) is 2.25. The minimum absolute atomic E-state index is 0.00903. The lowest BCUT2D eigenvalue weighted by molar-refractivity contribution is -0.147. The Kier molecular flexibility index (Phi) is 12.0. The summed E-state index contributed by atoms with van der Waals surface area (Å²) < 4.78 is 0. The van der Waals surface area contributed by atoms with E-state index in [0.29, 0.717) is 0 Å². The van der Waals surface area contributed by atoms with Crippen molar-refractivity contribution >= 4 is 29.8 Å². The molecule has 0 unspecified atom stereocenters. The molecule has 0 saturated carbocycles. The standard InChI is InChI=1S/C14H24N4O10/c15-28-14(27)9-18(8-13(25)26)4-2-16(5-10(19)20)1-3-17(6-11(21)22)7-12(23)24/h1-9,15H2,(H,19,20)(H,21,22)(H,23,24)(H,25,26). The number of carbonyl (C=O) groups excluding carboxylic acids is 1. The van der Waals surface area contributed by atoms with Gasteiger partial charge in [-0.25, -0.2) is 4.79 Å². The van der Waals surface area contributed by atoms with Gasteiger partial charge in [0.2, 0.25) is 0 Å². The van der Waals surface area contributed by atoms with E-state index in [-0.39, 0.29) is 26.2 Å². The van der Waals surface area contributed by atoms with Gasteiger partial charge in [0, 0.05) is 26.2 Å². The summed E-state index contributed by atoms with van der Waals surface area (Å²) in [6, 6.07) is 0. The van der Waals surface area contributed by atoms with Crippen LogP contribution in [-0.2, 0) is 28.8 Å². The number of nitrogens with zero attached hydrogens (tertiary/aromatic N) is 3. The van der Waals surface area contributed by atoms with E-state index >= 15 is 0 Å². The van der Waals surface area contributed by atoms with Crippen LogP contribution in [-0.4, -0.2) is 124 Å². The molecule has 0 aromatic carbocycles. The predicted molar refractivity (Wildman–Crippen MR) is 90.1 cm³/mol. The smallest absolute Gasteiger partial charge is 0.338 e.